The third kappa shape index (κ3) is 4.86. The number of hydrogen-bond donors (Lipinski definition) is 1. The first-order chi connectivity index (χ1) is 7.52. The summed E-state index contributed by atoms with van der Waals surface area (Å²) in [5.74, 6) is 1.75. The zero-order valence-corrected chi connectivity index (χ0v) is 11.8. The molecule has 0 aromatic rings. The van der Waals surface area contributed by atoms with E-state index in [0.29, 0.717) is 5.41 Å². The number of rotatable bonds is 6. The van der Waals surface area contributed by atoms with Gasteiger partial charge in [0.1, 0.15) is 0 Å². The van der Waals surface area contributed by atoms with Gasteiger partial charge in [0.2, 0.25) is 0 Å². The first-order valence-electron chi connectivity index (χ1n) is 7.23. The predicted molar refractivity (Wildman–Crippen MR) is 72.7 cm³/mol. The molecule has 0 atom stereocenters. The normalized spacial score (nSPS) is 19.3. The molecule has 1 rings (SSSR count). The minimum absolute atomic E-state index is 0.546. The highest BCUT2D eigenvalue weighted by Crippen LogP contribution is 2.40. The van der Waals surface area contributed by atoms with Crippen LogP contribution in [0.2, 0.25) is 0 Å². The summed E-state index contributed by atoms with van der Waals surface area (Å²) < 4.78 is 0. The SMILES string of the molecule is CC(C)CNCCC(C)(C)C1CCCCC1. The van der Waals surface area contributed by atoms with Crippen LogP contribution in [0.15, 0.2) is 0 Å². The van der Waals surface area contributed by atoms with Gasteiger partial charge in [-0.1, -0.05) is 47.0 Å². The third-order valence-electron chi connectivity index (χ3n) is 4.21. The Morgan fingerprint density at radius 2 is 1.75 bits per heavy atom. The van der Waals surface area contributed by atoms with Crippen molar-refractivity contribution in [2.24, 2.45) is 17.3 Å². The van der Waals surface area contributed by atoms with E-state index >= 15 is 0 Å². The van der Waals surface area contributed by atoms with E-state index in [4.69, 9.17) is 0 Å². The molecule has 0 heterocycles. The molecule has 0 aromatic heterocycles. The summed E-state index contributed by atoms with van der Waals surface area (Å²) in [6.45, 7) is 11.9. The molecule has 96 valence electrons. The van der Waals surface area contributed by atoms with Crippen molar-refractivity contribution in [2.75, 3.05) is 13.1 Å². The Bertz CT molecular complexity index is 178. The van der Waals surface area contributed by atoms with E-state index < -0.39 is 0 Å². The van der Waals surface area contributed by atoms with Gasteiger partial charge in [0.25, 0.3) is 0 Å². The highest BCUT2D eigenvalue weighted by molar-refractivity contribution is 4.81. The fourth-order valence-corrected chi connectivity index (χ4v) is 2.89. The van der Waals surface area contributed by atoms with E-state index in [1.165, 1.54) is 51.6 Å². The predicted octanol–water partition coefficient (Wildman–Crippen LogP) is 4.23. The molecule has 1 nitrogen and oxygen atoms in total. The maximum Gasteiger partial charge on any atom is -0.00258 e. The van der Waals surface area contributed by atoms with Crippen molar-refractivity contribution in [2.45, 2.75) is 66.2 Å². The highest BCUT2D eigenvalue weighted by atomic mass is 14.9. The molecule has 1 aliphatic carbocycles. The van der Waals surface area contributed by atoms with Gasteiger partial charge in [0.15, 0.2) is 0 Å². The minimum Gasteiger partial charge on any atom is -0.316 e. The molecular formula is C15H31N. The van der Waals surface area contributed by atoms with Crippen LogP contribution in [0.1, 0.15) is 66.2 Å². The van der Waals surface area contributed by atoms with E-state index in [2.05, 4.69) is 33.0 Å². The lowest BCUT2D eigenvalue weighted by molar-refractivity contribution is 0.145. The highest BCUT2D eigenvalue weighted by Gasteiger charge is 2.29. The van der Waals surface area contributed by atoms with Crippen molar-refractivity contribution in [1.82, 2.24) is 5.32 Å². The summed E-state index contributed by atoms with van der Waals surface area (Å²) >= 11 is 0. The van der Waals surface area contributed by atoms with Crippen molar-refractivity contribution in [3.05, 3.63) is 0 Å². The van der Waals surface area contributed by atoms with Crippen LogP contribution < -0.4 is 5.32 Å². The fourth-order valence-electron chi connectivity index (χ4n) is 2.89. The maximum atomic E-state index is 3.58. The molecular weight excluding hydrogens is 194 g/mol. The Balaban J connectivity index is 2.21. The summed E-state index contributed by atoms with van der Waals surface area (Å²) in [6, 6.07) is 0. The van der Waals surface area contributed by atoms with Crippen molar-refractivity contribution in [1.29, 1.82) is 0 Å². The molecule has 1 aliphatic rings. The third-order valence-corrected chi connectivity index (χ3v) is 4.21. The van der Waals surface area contributed by atoms with Gasteiger partial charge in [-0.25, -0.2) is 0 Å². The van der Waals surface area contributed by atoms with Gasteiger partial charge >= 0.3 is 0 Å². The molecule has 0 unspecified atom stereocenters. The van der Waals surface area contributed by atoms with Crippen LogP contribution in [0.25, 0.3) is 0 Å². The molecule has 0 aliphatic heterocycles. The van der Waals surface area contributed by atoms with Gasteiger partial charge < -0.3 is 5.32 Å². The summed E-state index contributed by atoms with van der Waals surface area (Å²) in [6.07, 6.45) is 8.68. The fraction of sp³-hybridized carbons (Fsp3) is 1.00. The van der Waals surface area contributed by atoms with Crippen LogP contribution in [0.4, 0.5) is 0 Å². The Morgan fingerprint density at radius 3 is 2.31 bits per heavy atom. The van der Waals surface area contributed by atoms with E-state index in [9.17, 15) is 0 Å². The second-order valence-corrected chi connectivity index (χ2v) is 6.67. The average Bonchev–Trinajstić information content (AvgIpc) is 2.26. The van der Waals surface area contributed by atoms with Crippen LogP contribution in [0.5, 0.6) is 0 Å². The van der Waals surface area contributed by atoms with Gasteiger partial charge in [0, 0.05) is 0 Å². The van der Waals surface area contributed by atoms with E-state index in [1.54, 1.807) is 0 Å². The van der Waals surface area contributed by atoms with Gasteiger partial charge in [-0.3, -0.25) is 0 Å². The second kappa shape index (κ2) is 6.64. The van der Waals surface area contributed by atoms with E-state index in [-0.39, 0.29) is 0 Å². The standard InChI is InChI=1S/C15H31N/c1-13(2)12-16-11-10-15(3,4)14-8-6-5-7-9-14/h13-14,16H,5-12H2,1-4H3. The van der Waals surface area contributed by atoms with Crippen molar-refractivity contribution >= 4 is 0 Å². The average molecular weight is 225 g/mol. The second-order valence-electron chi connectivity index (χ2n) is 6.67. The monoisotopic (exact) mass is 225 g/mol. The van der Waals surface area contributed by atoms with E-state index in [0.717, 1.165) is 11.8 Å². The van der Waals surface area contributed by atoms with Crippen molar-refractivity contribution < 1.29 is 0 Å². The molecule has 0 aromatic carbocycles. The van der Waals surface area contributed by atoms with Gasteiger partial charge in [-0.15, -0.1) is 0 Å². The van der Waals surface area contributed by atoms with Gasteiger partial charge in [-0.2, -0.15) is 0 Å². The summed E-state index contributed by atoms with van der Waals surface area (Å²) in [4.78, 5) is 0. The van der Waals surface area contributed by atoms with Crippen molar-refractivity contribution in [3.8, 4) is 0 Å². The lowest BCUT2D eigenvalue weighted by Gasteiger charge is -2.37. The molecule has 0 amide bonds. The topological polar surface area (TPSA) is 12.0 Å². The Morgan fingerprint density at radius 1 is 1.12 bits per heavy atom. The zero-order valence-electron chi connectivity index (χ0n) is 11.8. The molecule has 0 spiro atoms. The Hall–Kier alpha value is -0.0400. The van der Waals surface area contributed by atoms with Gasteiger partial charge in [-0.05, 0) is 49.6 Å². The number of hydrogen-bond acceptors (Lipinski definition) is 1. The largest absolute Gasteiger partial charge is 0.316 e. The minimum atomic E-state index is 0.546. The molecule has 0 saturated heterocycles. The van der Waals surface area contributed by atoms with Crippen molar-refractivity contribution in [3.63, 3.8) is 0 Å². The summed E-state index contributed by atoms with van der Waals surface area (Å²) in [5.41, 5.74) is 0.546. The Labute approximate surface area is 102 Å². The molecule has 16 heavy (non-hydrogen) atoms. The first kappa shape index (κ1) is 14.0. The molecule has 1 N–H and O–H groups in total. The smallest absolute Gasteiger partial charge is 0.00258 e. The van der Waals surface area contributed by atoms with Crippen LogP contribution in [0.3, 0.4) is 0 Å². The molecule has 1 heteroatoms. The lowest BCUT2D eigenvalue weighted by Crippen LogP contribution is -2.31. The summed E-state index contributed by atoms with van der Waals surface area (Å²) in [7, 11) is 0. The molecule has 1 fully saturated rings. The lowest BCUT2D eigenvalue weighted by atomic mass is 9.69. The molecule has 1 saturated carbocycles. The Kier molecular flexibility index (Phi) is 5.82. The first-order valence-corrected chi connectivity index (χ1v) is 7.23. The zero-order chi connectivity index (χ0) is 12.0. The maximum absolute atomic E-state index is 3.58. The van der Waals surface area contributed by atoms with Crippen LogP contribution in [0, 0.1) is 17.3 Å². The van der Waals surface area contributed by atoms with Crippen LogP contribution in [-0.4, -0.2) is 13.1 Å². The van der Waals surface area contributed by atoms with E-state index in [1.807, 2.05) is 0 Å². The van der Waals surface area contributed by atoms with Crippen LogP contribution >= 0.6 is 0 Å². The quantitative estimate of drug-likeness (QED) is 0.667. The van der Waals surface area contributed by atoms with Crippen LogP contribution in [-0.2, 0) is 0 Å². The molecule has 0 radical (unpaired) electrons. The number of nitrogens with one attached hydrogen (secondary N) is 1. The molecule has 0 bridgehead atoms. The van der Waals surface area contributed by atoms with Gasteiger partial charge in [0.05, 0.1) is 0 Å². The summed E-state index contributed by atoms with van der Waals surface area (Å²) in [5, 5.41) is 3.58.